The molecule has 0 aliphatic heterocycles. The molecule has 1 aromatic carbocycles. The topological polar surface area (TPSA) is 44.1 Å². The lowest BCUT2D eigenvalue weighted by Gasteiger charge is -2.34. The number of imidazole rings is 1. The van der Waals surface area contributed by atoms with E-state index in [1.54, 1.807) is 6.92 Å². The molecule has 4 nitrogen and oxygen atoms in total. The van der Waals surface area contributed by atoms with Gasteiger partial charge in [0.15, 0.2) is 5.69 Å². The van der Waals surface area contributed by atoms with Gasteiger partial charge < -0.3 is 9.30 Å². The number of alkyl halides is 2. The van der Waals surface area contributed by atoms with Gasteiger partial charge in [0.05, 0.1) is 19.0 Å². The Morgan fingerprint density at radius 1 is 1.38 bits per heavy atom. The Morgan fingerprint density at radius 3 is 2.67 bits per heavy atom. The van der Waals surface area contributed by atoms with Gasteiger partial charge in [-0.05, 0) is 12.5 Å². The average Bonchev–Trinajstić information content (AvgIpc) is 2.92. The second kappa shape index (κ2) is 6.30. The number of nitrogens with zero attached hydrogens (tertiary/aromatic N) is 2. The normalized spacial score (nSPS) is 18.0. The van der Waals surface area contributed by atoms with Crippen molar-refractivity contribution in [3.05, 3.63) is 53.9 Å². The van der Waals surface area contributed by atoms with Crippen molar-refractivity contribution in [2.75, 3.05) is 6.61 Å². The number of carbonyl (C=O) groups excluding carboxylic acids is 1. The smallest absolute Gasteiger partial charge is 0.359 e. The average molecular weight is 338 g/mol. The first kappa shape index (κ1) is 16.5. The Morgan fingerprint density at radius 2 is 2.04 bits per heavy atom. The molecule has 0 unspecified atom stereocenters. The van der Waals surface area contributed by atoms with E-state index in [0.29, 0.717) is 0 Å². The summed E-state index contributed by atoms with van der Waals surface area (Å²) in [5.41, 5.74) is 0.583. The predicted molar refractivity (Wildman–Crippen MR) is 80.4 cm³/mol. The summed E-state index contributed by atoms with van der Waals surface area (Å²) in [6.45, 7) is 1.67. The highest BCUT2D eigenvalue weighted by Crippen LogP contribution is 2.42. The van der Waals surface area contributed by atoms with Crippen molar-refractivity contribution in [1.82, 2.24) is 9.55 Å². The Hall–Kier alpha value is -2.31. The first-order chi connectivity index (χ1) is 11.4. The summed E-state index contributed by atoms with van der Waals surface area (Å²) < 4.78 is 45.9. The Bertz CT molecular complexity index is 723. The largest absolute Gasteiger partial charge is 0.461 e. The van der Waals surface area contributed by atoms with Gasteiger partial charge in [0.25, 0.3) is 0 Å². The van der Waals surface area contributed by atoms with Crippen LogP contribution in [-0.2, 0) is 4.74 Å². The third kappa shape index (κ3) is 3.29. The second-order valence-corrected chi connectivity index (χ2v) is 6.11. The number of carbonyl (C=O) groups is 1. The molecule has 128 valence electrons. The zero-order chi connectivity index (χ0) is 17.3. The van der Waals surface area contributed by atoms with Crippen LogP contribution in [0, 0.1) is 11.9 Å². The van der Waals surface area contributed by atoms with Crippen LogP contribution in [0.15, 0.2) is 36.7 Å². The summed E-state index contributed by atoms with van der Waals surface area (Å²) >= 11 is 0. The summed E-state index contributed by atoms with van der Waals surface area (Å²) in [5, 5.41) is 0. The molecule has 1 aliphatic rings. The first-order valence-corrected chi connectivity index (χ1v) is 7.69. The molecular formula is C17H17F3N2O2. The number of esters is 1. The molecule has 7 heteroatoms. The molecule has 1 aliphatic carbocycles. The SMILES string of the molecule is C[C@H](c1ccccc1)n1cnc(F)c1C(=O)OCC1CC(F)(F)C1. The van der Waals surface area contributed by atoms with Crippen LogP contribution in [0.2, 0.25) is 0 Å². The van der Waals surface area contributed by atoms with E-state index >= 15 is 0 Å². The van der Waals surface area contributed by atoms with E-state index in [2.05, 4.69) is 4.98 Å². The van der Waals surface area contributed by atoms with E-state index in [1.165, 1.54) is 10.9 Å². The standard InChI is InChI=1S/C17H17F3N2O2/c1-11(13-5-3-2-4-6-13)22-10-21-15(18)14(22)16(23)24-9-12-7-17(19,20)8-12/h2-6,10-12H,7-9H2,1H3/t11-/m1/s1. The van der Waals surface area contributed by atoms with Gasteiger partial charge in [-0.3, -0.25) is 0 Å². The maximum Gasteiger partial charge on any atom is 0.359 e. The van der Waals surface area contributed by atoms with Crippen molar-refractivity contribution in [3.63, 3.8) is 0 Å². The number of rotatable bonds is 5. The van der Waals surface area contributed by atoms with Gasteiger partial charge in [0, 0.05) is 18.8 Å². The van der Waals surface area contributed by atoms with Crippen LogP contribution >= 0.6 is 0 Å². The van der Waals surface area contributed by atoms with Gasteiger partial charge >= 0.3 is 5.97 Å². The summed E-state index contributed by atoms with van der Waals surface area (Å²) in [6.07, 6.45) is 0.631. The highest BCUT2D eigenvalue weighted by molar-refractivity contribution is 5.87. The lowest BCUT2D eigenvalue weighted by molar-refractivity contribution is -0.122. The van der Waals surface area contributed by atoms with Crippen LogP contribution in [0.3, 0.4) is 0 Å². The molecule has 0 N–H and O–H groups in total. The number of benzene rings is 1. The lowest BCUT2D eigenvalue weighted by atomic mass is 9.82. The van der Waals surface area contributed by atoms with Crippen molar-refractivity contribution >= 4 is 5.97 Å². The van der Waals surface area contributed by atoms with E-state index in [4.69, 9.17) is 4.74 Å². The van der Waals surface area contributed by atoms with Gasteiger partial charge in [-0.1, -0.05) is 30.3 Å². The minimum atomic E-state index is -2.67. The highest BCUT2D eigenvalue weighted by atomic mass is 19.3. The Kier molecular flexibility index (Phi) is 4.34. The van der Waals surface area contributed by atoms with Crippen LogP contribution < -0.4 is 0 Å². The minimum absolute atomic E-state index is 0.140. The van der Waals surface area contributed by atoms with E-state index in [0.717, 1.165) is 5.56 Å². The third-order valence-corrected chi connectivity index (χ3v) is 4.27. The fraction of sp³-hybridized carbons (Fsp3) is 0.412. The molecule has 1 atom stereocenters. The van der Waals surface area contributed by atoms with Crippen molar-refractivity contribution < 1.29 is 22.7 Å². The zero-order valence-electron chi connectivity index (χ0n) is 13.1. The summed E-state index contributed by atoms with van der Waals surface area (Å²) in [5.74, 6) is -4.87. The third-order valence-electron chi connectivity index (χ3n) is 4.27. The van der Waals surface area contributed by atoms with Crippen molar-refractivity contribution in [1.29, 1.82) is 0 Å². The van der Waals surface area contributed by atoms with E-state index in [-0.39, 0.29) is 37.1 Å². The van der Waals surface area contributed by atoms with Gasteiger partial charge in [-0.25, -0.2) is 18.6 Å². The summed E-state index contributed by atoms with van der Waals surface area (Å²) in [6, 6.07) is 8.93. The Labute approximate surface area is 137 Å². The van der Waals surface area contributed by atoms with Gasteiger partial charge in [0.1, 0.15) is 0 Å². The monoisotopic (exact) mass is 338 g/mol. The summed E-state index contributed by atoms with van der Waals surface area (Å²) in [7, 11) is 0. The van der Waals surface area contributed by atoms with Crippen LogP contribution in [0.1, 0.15) is 41.9 Å². The second-order valence-electron chi connectivity index (χ2n) is 6.11. The molecule has 1 saturated carbocycles. The summed E-state index contributed by atoms with van der Waals surface area (Å²) in [4.78, 5) is 15.7. The quantitative estimate of drug-likeness (QED) is 0.778. The molecule has 0 saturated heterocycles. The number of aromatic nitrogens is 2. The molecule has 1 fully saturated rings. The zero-order valence-corrected chi connectivity index (χ0v) is 13.1. The maximum absolute atomic E-state index is 13.9. The molecule has 0 radical (unpaired) electrons. The molecule has 3 rings (SSSR count). The van der Waals surface area contributed by atoms with Crippen molar-refractivity contribution in [3.8, 4) is 0 Å². The highest BCUT2D eigenvalue weighted by Gasteiger charge is 2.45. The molecule has 2 aromatic rings. The molecule has 1 aromatic heterocycles. The van der Waals surface area contributed by atoms with E-state index < -0.39 is 17.8 Å². The number of ether oxygens (including phenoxy) is 1. The maximum atomic E-state index is 13.9. The molecular weight excluding hydrogens is 321 g/mol. The Balaban J connectivity index is 1.71. The molecule has 1 heterocycles. The fourth-order valence-corrected chi connectivity index (χ4v) is 2.88. The predicted octanol–water partition coefficient (Wildman–Crippen LogP) is 3.83. The molecule has 24 heavy (non-hydrogen) atoms. The molecule has 0 spiro atoms. The van der Waals surface area contributed by atoms with Crippen molar-refractivity contribution in [2.45, 2.75) is 31.7 Å². The van der Waals surface area contributed by atoms with Crippen molar-refractivity contribution in [2.24, 2.45) is 5.92 Å². The molecule has 0 bridgehead atoms. The van der Waals surface area contributed by atoms with Crippen LogP contribution in [-0.4, -0.2) is 28.0 Å². The van der Waals surface area contributed by atoms with E-state index in [1.807, 2.05) is 30.3 Å². The lowest BCUT2D eigenvalue weighted by Crippen LogP contribution is -2.38. The number of hydrogen-bond donors (Lipinski definition) is 0. The number of hydrogen-bond acceptors (Lipinski definition) is 3. The van der Waals surface area contributed by atoms with Crippen LogP contribution in [0.25, 0.3) is 0 Å². The number of halogens is 3. The van der Waals surface area contributed by atoms with E-state index in [9.17, 15) is 18.0 Å². The van der Waals surface area contributed by atoms with Gasteiger partial charge in [0.2, 0.25) is 11.9 Å². The first-order valence-electron chi connectivity index (χ1n) is 7.69. The van der Waals surface area contributed by atoms with Crippen LogP contribution in [0.4, 0.5) is 13.2 Å². The van der Waals surface area contributed by atoms with Crippen LogP contribution in [0.5, 0.6) is 0 Å². The molecule has 0 amide bonds. The van der Waals surface area contributed by atoms with Gasteiger partial charge in [-0.2, -0.15) is 4.39 Å². The van der Waals surface area contributed by atoms with Gasteiger partial charge in [-0.15, -0.1) is 0 Å². The fourth-order valence-electron chi connectivity index (χ4n) is 2.88. The minimum Gasteiger partial charge on any atom is -0.461 e.